The third-order valence-corrected chi connectivity index (χ3v) is 3.40. The Hall–Kier alpha value is -1.94. The molecule has 0 fully saturated rings. The van der Waals surface area contributed by atoms with Crippen molar-refractivity contribution in [3.63, 3.8) is 0 Å². The molecule has 1 aromatic rings. The van der Waals surface area contributed by atoms with Crippen LogP contribution in [0.2, 0.25) is 0 Å². The second-order valence-corrected chi connectivity index (χ2v) is 4.50. The Labute approximate surface area is 113 Å². The van der Waals surface area contributed by atoms with Gasteiger partial charge in [-0.3, -0.25) is 0 Å². The molecule has 0 radical (unpaired) electrons. The van der Waals surface area contributed by atoms with Crippen LogP contribution in [0, 0.1) is 5.21 Å². The van der Waals surface area contributed by atoms with Crippen molar-refractivity contribution in [2.45, 2.75) is 25.4 Å². The summed E-state index contributed by atoms with van der Waals surface area (Å²) in [5, 5.41) is 15.9. The summed E-state index contributed by atoms with van der Waals surface area (Å²) in [6, 6.07) is 8.96. The summed E-state index contributed by atoms with van der Waals surface area (Å²) in [6.45, 7) is 2.08. The fraction of sp³-hybridized carbons (Fsp3) is 0.333. The highest BCUT2D eigenvalue weighted by Gasteiger charge is 2.26. The van der Waals surface area contributed by atoms with Gasteiger partial charge in [0, 0.05) is 30.8 Å². The highest BCUT2D eigenvalue weighted by atomic mass is 16.5. The van der Waals surface area contributed by atoms with Gasteiger partial charge in [0.1, 0.15) is 5.70 Å². The van der Waals surface area contributed by atoms with Crippen LogP contribution in [0.15, 0.2) is 59.4 Å². The predicted molar refractivity (Wildman–Crippen MR) is 74.0 cm³/mol. The number of hydrogen-bond acceptors (Lipinski definition) is 3. The molecule has 1 atom stereocenters. The van der Waals surface area contributed by atoms with E-state index in [0.29, 0.717) is 16.2 Å². The summed E-state index contributed by atoms with van der Waals surface area (Å²) in [6.07, 6.45) is 7.37. The number of para-hydroxylation sites is 1. The van der Waals surface area contributed by atoms with Crippen LogP contribution in [-0.2, 0) is 4.74 Å². The quantitative estimate of drug-likeness (QED) is 0.467. The van der Waals surface area contributed by atoms with Crippen LogP contribution in [0.1, 0.15) is 19.8 Å². The SMILES string of the molecule is CCC1(OC)C=CC(N=[N+]([O-])c2ccccc2)=CC1. The van der Waals surface area contributed by atoms with Crippen molar-refractivity contribution >= 4 is 5.69 Å². The summed E-state index contributed by atoms with van der Waals surface area (Å²) in [7, 11) is 1.70. The molecule has 1 aliphatic carbocycles. The van der Waals surface area contributed by atoms with E-state index in [4.69, 9.17) is 4.74 Å². The average molecular weight is 258 g/mol. The molecular weight excluding hydrogens is 240 g/mol. The lowest BCUT2D eigenvalue weighted by molar-refractivity contribution is -0.437. The van der Waals surface area contributed by atoms with Crippen LogP contribution < -0.4 is 0 Å². The maximum absolute atomic E-state index is 11.9. The molecule has 0 amide bonds. The van der Waals surface area contributed by atoms with Gasteiger partial charge < -0.3 is 9.94 Å². The monoisotopic (exact) mass is 258 g/mol. The Morgan fingerprint density at radius 3 is 2.63 bits per heavy atom. The largest absolute Gasteiger partial charge is 0.594 e. The molecule has 0 saturated carbocycles. The molecule has 19 heavy (non-hydrogen) atoms. The molecule has 1 aliphatic rings. The molecule has 1 aromatic carbocycles. The van der Waals surface area contributed by atoms with Gasteiger partial charge in [-0.05, 0) is 18.6 Å². The molecule has 0 N–H and O–H groups in total. The molecule has 0 aliphatic heterocycles. The number of methoxy groups -OCH3 is 1. The van der Waals surface area contributed by atoms with Crippen LogP contribution in [-0.4, -0.2) is 17.6 Å². The standard InChI is InChI=1S/C15H18N2O2/c1-3-15(19-2)11-9-13(10-12-15)16-17(18)14-7-5-4-6-8-14/h4-11H,3,12H2,1-2H3. The molecule has 2 rings (SSSR count). The molecule has 1 unspecified atom stereocenters. The first-order chi connectivity index (χ1) is 9.19. The normalized spacial score (nSPS) is 23.3. The van der Waals surface area contributed by atoms with Gasteiger partial charge in [-0.25, -0.2) is 0 Å². The van der Waals surface area contributed by atoms with Crippen molar-refractivity contribution in [1.82, 2.24) is 0 Å². The van der Waals surface area contributed by atoms with Crippen molar-refractivity contribution in [1.29, 1.82) is 0 Å². The van der Waals surface area contributed by atoms with E-state index in [2.05, 4.69) is 12.0 Å². The lowest BCUT2D eigenvalue weighted by Gasteiger charge is -2.28. The van der Waals surface area contributed by atoms with E-state index in [1.54, 1.807) is 19.2 Å². The molecule has 0 saturated heterocycles. The minimum absolute atomic E-state index is 0.251. The summed E-state index contributed by atoms with van der Waals surface area (Å²) in [5.41, 5.74) is 0.940. The highest BCUT2D eigenvalue weighted by molar-refractivity contribution is 5.29. The summed E-state index contributed by atoms with van der Waals surface area (Å²) >= 11 is 0. The van der Waals surface area contributed by atoms with Gasteiger partial charge in [-0.15, -0.1) is 0 Å². The van der Waals surface area contributed by atoms with Crippen molar-refractivity contribution in [3.05, 3.63) is 59.5 Å². The van der Waals surface area contributed by atoms with E-state index in [9.17, 15) is 5.21 Å². The smallest absolute Gasteiger partial charge is 0.244 e. The second kappa shape index (κ2) is 5.80. The van der Waals surface area contributed by atoms with Crippen LogP contribution >= 0.6 is 0 Å². The van der Waals surface area contributed by atoms with Crippen molar-refractivity contribution in [2.75, 3.05) is 7.11 Å². The van der Waals surface area contributed by atoms with Gasteiger partial charge in [-0.1, -0.05) is 36.1 Å². The van der Waals surface area contributed by atoms with E-state index < -0.39 is 0 Å². The Bertz CT molecular complexity index is 514. The van der Waals surface area contributed by atoms with E-state index in [0.717, 1.165) is 12.8 Å². The third kappa shape index (κ3) is 3.09. The number of ether oxygens (including phenoxy) is 1. The molecule has 4 heteroatoms. The van der Waals surface area contributed by atoms with Crippen LogP contribution in [0.3, 0.4) is 0 Å². The van der Waals surface area contributed by atoms with E-state index in [-0.39, 0.29) is 5.60 Å². The van der Waals surface area contributed by atoms with Crippen LogP contribution in [0.5, 0.6) is 0 Å². The highest BCUT2D eigenvalue weighted by Crippen LogP contribution is 2.28. The molecule has 0 spiro atoms. The Balaban J connectivity index is 2.14. The van der Waals surface area contributed by atoms with Crippen molar-refractivity contribution < 1.29 is 9.60 Å². The molecule has 4 nitrogen and oxygen atoms in total. The molecule has 100 valence electrons. The minimum Gasteiger partial charge on any atom is -0.594 e. The van der Waals surface area contributed by atoms with Crippen LogP contribution in [0.4, 0.5) is 5.69 Å². The summed E-state index contributed by atoms with van der Waals surface area (Å²) in [4.78, 5) is 0.641. The molecule has 0 bridgehead atoms. The van der Waals surface area contributed by atoms with Crippen molar-refractivity contribution in [3.8, 4) is 0 Å². The number of azo groups is 1. The van der Waals surface area contributed by atoms with Gasteiger partial charge in [0.25, 0.3) is 0 Å². The number of rotatable bonds is 4. The van der Waals surface area contributed by atoms with Gasteiger partial charge in [0.15, 0.2) is 0 Å². The number of benzene rings is 1. The zero-order chi connectivity index (χ0) is 13.7. The number of allylic oxidation sites excluding steroid dienone is 1. The fourth-order valence-corrected chi connectivity index (χ4v) is 2.00. The van der Waals surface area contributed by atoms with E-state index in [1.165, 1.54) is 0 Å². The second-order valence-electron chi connectivity index (χ2n) is 4.50. The molecule has 0 heterocycles. The van der Waals surface area contributed by atoms with E-state index in [1.807, 2.05) is 36.4 Å². The third-order valence-electron chi connectivity index (χ3n) is 3.40. The van der Waals surface area contributed by atoms with Crippen LogP contribution in [0.25, 0.3) is 0 Å². The molecule has 0 aromatic heterocycles. The fourth-order valence-electron chi connectivity index (χ4n) is 2.00. The minimum atomic E-state index is -0.251. The Kier molecular flexibility index (Phi) is 4.12. The average Bonchev–Trinajstić information content (AvgIpc) is 2.49. The number of nitrogens with zero attached hydrogens (tertiary/aromatic N) is 2. The molecular formula is C15H18N2O2. The topological polar surface area (TPSA) is 47.7 Å². The maximum atomic E-state index is 11.9. The lowest BCUT2D eigenvalue weighted by Crippen LogP contribution is -2.28. The zero-order valence-corrected chi connectivity index (χ0v) is 11.2. The van der Waals surface area contributed by atoms with Gasteiger partial charge in [0.2, 0.25) is 5.69 Å². The number of hydrogen-bond donors (Lipinski definition) is 0. The first-order valence-electron chi connectivity index (χ1n) is 6.37. The van der Waals surface area contributed by atoms with E-state index >= 15 is 0 Å². The van der Waals surface area contributed by atoms with Gasteiger partial charge in [-0.2, -0.15) is 0 Å². The van der Waals surface area contributed by atoms with Gasteiger partial charge in [0.05, 0.1) is 5.60 Å². The lowest BCUT2D eigenvalue weighted by atomic mass is 9.91. The Morgan fingerprint density at radius 2 is 2.11 bits per heavy atom. The summed E-state index contributed by atoms with van der Waals surface area (Å²) < 4.78 is 5.50. The first kappa shape index (κ1) is 13.5. The van der Waals surface area contributed by atoms with Crippen molar-refractivity contribution in [2.24, 2.45) is 5.11 Å². The Morgan fingerprint density at radius 1 is 1.37 bits per heavy atom. The van der Waals surface area contributed by atoms with Gasteiger partial charge >= 0.3 is 0 Å². The maximum Gasteiger partial charge on any atom is 0.244 e. The zero-order valence-electron chi connectivity index (χ0n) is 11.2. The first-order valence-corrected chi connectivity index (χ1v) is 6.37. The summed E-state index contributed by atoms with van der Waals surface area (Å²) in [5.74, 6) is 0. The predicted octanol–water partition coefficient (Wildman–Crippen LogP) is 3.92.